The maximum absolute atomic E-state index is 11.9. The lowest BCUT2D eigenvalue weighted by molar-refractivity contribution is 0.00819. The Morgan fingerprint density at radius 2 is 1.24 bits per heavy atom. The van der Waals surface area contributed by atoms with Crippen molar-refractivity contribution in [1.29, 1.82) is 0 Å². The monoisotopic (exact) mass is 260 g/mol. The molecule has 0 heterocycles. The predicted molar refractivity (Wildman–Crippen MR) is 54.8 cm³/mol. The summed E-state index contributed by atoms with van der Waals surface area (Å²) in [5.74, 6) is 0. The Morgan fingerprint density at radius 1 is 0.941 bits per heavy atom. The van der Waals surface area contributed by atoms with Gasteiger partial charge >= 0.3 is 6.68 Å². The smallest absolute Gasteiger partial charge is 0.246 e. The van der Waals surface area contributed by atoms with E-state index in [1.54, 1.807) is 12.1 Å². The van der Waals surface area contributed by atoms with Gasteiger partial charge in [-0.2, -0.15) is 13.2 Å². The van der Waals surface area contributed by atoms with Crippen LogP contribution in [0.2, 0.25) is 0 Å². The summed E-state index contributed by atoms with van der Waals surface area (Å²) in [5, 5.41) is 0. The van der Waals surface area contributed by atoms with Gasteiger partial charge in [0.05, 0.1) is 0 Å². The van der Waals surface area contributed by atoms with Crippen LogP contribution < -0.4 is 0 Å². The van der Waals surface area contributed by atoms with Crippen LogP contribution in [0.5, 0.6) is 0 Å². The third-order valence-electron chi connectivity index (χ3n) is 1.27. The van der Waals surface area contributed by atoms with Crippen molar-refractivity contribution in [3.8, 4) is 0 Å². The number of alkyl halides is 6. The minimum Gasteiger partial charge on any atom is -0.246 e. The minimum atomic E-state index is -3.67. The molecule has 0 saturated heterocycles. The van der Waals surface area contributed by atoms with Gasteiger partial charge in [-0.15, -0.1) is 0 Å². The molecule has 1 aromatic rings. The fourth-order valence-corrected chi connectivity index (χ4v) is 0.677. The van der Waals surface area contributed by atoms with E-state index in [9.17, 15) is 26.3 Å². The predicted octanol–water partition coefficient (Wildman–Crippen LogP) is 4.91. The van der Waals surface area contributed by atoms with E-state index in [-0.39, 0.29) is 6.67 Å². The second-order valence-electron chi connectivity index (χ2n) is 2.89. The highest BCUT2D eigenvalue weighted by molar-refractivity contribution is 5.20. The summed E-state index contributed by atoms with van der Waals surface area (Å²) >= 11 is 0. The first-order valence-electron chi connectivity index (χ1n) is 4.61. The molecule has 0 spiro atoms. The highest BCUT2D eigenvalue weighted by atomic mass is 19.4. The molecular weight excluding hydrogens is 246 g/mol. The Hall–Kier alpha value is -1.20. The summed E-state index contributed by atoms with van der Waals surface area (Å²) in [7, 11) is 0. The Morgan fingerprint density at radius 3 is 1.47 bits per heavy atom. The largest absolute Gasteiger partial charge is 0.379 e. The molecule has 0 bridgehead atoms. The van der Waals surface area contributed by atoms with E-state index >= 15 is 0 Å². The highest BCUT2D eigenvalue weighted by Gasteiger charge is 1.87. The summed E-state index contributed by atoms with van der Waals surface area (Å²) in [6, 6.07) is 7.43. The van der Waals surface area contributed by atoms with Crippen molar-refractivity contribution in [3.63, 3.8) is 0 Å². The molecule has 0 aromatic heterocycles. The molecule has 0 saturated carbocycles. The lowest BCUT2D eigenvalue weighted by Crippen LogP contribution is -1.76. The quantitative estimate of drug-likeness (QED) is 0.629. The molecule has 0 atom stereocenters. The average molecular weight is 260 g/mol. The molecule has 0 N–H and O–H groups in total. The van der Waals surface area contributed by atoms with E-state index in [1.165, 1.54) is 5.56 Å². The zero-order valence-electron chi connectivity index (χ0n) is 9.44. The molecule has 1 rings (SSSR count). The SMILES string of the molecule is CC(F)F.Cc1ccc(CF)cc1.FC(F)F. The van der Waals surface area contributed by atoms with E-state index in [0.29, 0.717) is 0 Å². The van der Waals surface area contributed by atoms with Crippen molar-refractivity contribution in [3.05, 3.63) is 35.4 Å². The molecular formula is C11H14F6. The molecule has 0 unspecified atom stereocenters. The molecule has 1 aromatic carbocycles. The number of hydrogen-bond acceptors (Lipinski definition) is 0. The third kappa shape index (κ3) is 20.8. The maximum Gasteiger partial charge on any atom is 0.379 e. The van der Waals surface area contributed by atoms with Crippen LogP contribution in [0.4, 0.5) is 26.3 Å². The second-order valence-corrected chi connectivity index (χ2v) is 2.89. The van der Waals surface area contributed by atoms with E-state index < -0.39 is 13.1 Å². The molecule has 17 heavy (non-hydrogen) atoms. The fraction of sp³-hybridized carbons (Fsp3) is 0.455. The maximum atomic E-state index is 11.9. The Labute approximate surface area is 96.3 Å². The summed E-state index contributed by atoms with van der Waals surface area (Å²) in [6.45, 7) is -1.21. The van der Waals surface area contributed by atoms with E-state index in [0.717, 1.165) is 12.5 Å². The van der Waals surface area contributed by atoms with Gasteiger partial charge in [-0.3, -0.25) is 0 Å². The molecule has 0 aliphatic rings. The summed E-state index contributed by atoms with van der Waals surface area (Å²) in [6.07, 6.45) is -2.17. The van der Waals surface area contributed by atoms with Crippen LogP contribution in [0, 0.1) is 6.92 Å². The topological polar surface area (TPSA) is 0 Å². The molecule has 0 aliphatic heterocycles. The average Bonchev–Trinajstić information content (AvgIpc) is 2.17. The summed E-state index contributed by atoms with van der Waals surface area (Å²) in [4.78, 5) is 0. The third-order valence-corrected chi connectivity index (χ3v) is 1.27. The Balaban J connectivity index is 0. The van der Waals surface area contributed by atoms with Crippen molar-refractivity contribution < 1.29 is 26.3 Å². The van der Waals surface area contributed by atoms with Crippen LogP contribution in [0.25, 0.3) is 0 Å². The van der Waals surface area contributed by atoms with Crippen LogP contribution in [0.3, 0.4) is 0 Å². The van der Waals surface area contributed by atoms with Crippen molar-refractivity contribution in [2.75, 3.05) is 0 Å². The number of rotatable bonds is 1. The van der Waals surface area contributed by atoms with Crippen molar-refractivity contribution in [2.24, 2.45) is 0 Å². The number of hydrogen-bond donors (Lipinski definition) is 0. The molecule has 0 fully saturated rings. The number of halogens is 6. The molecule has 0 aliphatic carbocycles. The van der Waals surface area contributed by atoms with Crippen LogP contribution in [0.15, 0.2) is 24.3 Å². The first-order chi connectivity index (χ1) is 7.79. The Bertz CT molecular complexity index is 246. The van der Waals surface area contributed by atoms with Crippen LogP contribution in [-0.4, -0.2) is 13.1 Å². The van der Waals surface area contributed by atoms with Crippen LogP contribution in [-0.2, 0) is 6.67 Å². The molecule has 0 amide bonds. The molecule has 0 nitrogen and oxygen atoms in total. The lowest BCUT2D eigenvalue weighted by atomic mass is 10.2. The fourth-order valence-electron chi connectivity index (χ4n) is 0.677. The van der Waals surface area contributed by atoms with Crippen molar-refractivity contribution in [1.82, 2.24) is 0 Å². The number of benzene rings is 1. The number of aryl methyl sites for hydroxylation is 1. The van der Waals surface area contributed by atoms with Crippen LogP contribution in [0.1, 0.15) is 18.1 Å². The second kappa shape index (κ2) is 11.3. The Kier molecular flexibility index (Phi) is 12.1. The van der Waals surface area contributed by atoms with Gasteiger partial charge in [-0.1, -0.05) is 29.8 Å². The summed E-state index contributed by atoms with van der Waals surface area (Å²) < 4.78 is 61.5. The zero-order chi connectivity index (χ0) is 13.8. The highest BCUT2D eigenvalue weighted by Crippen LogP contribution is 2.03. The first-order valence-corrected chi connectivity index (χ1v) is 4.61. The van der Waals surface area contributed by atoms with E-state index in [4.69, 9.17) is 0 Å². The lowest BCUT2D eigenvalue weighted by Gasteiger charge is -1.92. The van der Waals surface area contributed by atoms with Gasteiger partial charge in [0, 0.05) is 0 Å². The van der Waals surface area contributed by atoms with Gasteiger partial charge in [0.25, 0.3) is 0 Å². The van der Waals surface area contributed by atoms with Gasteiger partial charge in [0.15, 0.2) is 0 Å². The molecule has 100 valence electrons. The van der Waals surface area contributed by atoms with Gasteiger partial charge in [0.1, 0.15) is 6.67 Å². The standard InChI is InChI=1S/C8H9F.C2H4F2.CHF3/c1-7-2-4-8(6-9)5-3-7;1-2(3)4;2-1(3)4/h2-5H,6H2,1H3;2H,1H3;1H. The van der Waals surface area contributed by atoms with Gasteiger partial charge in [-0.25, -0.2) is 13.2 Å². The molecule has 0 radical (unpaired) electrons. The minimum absolute atomic E-state index is 0.361. The van der Waals surface area contributed by atoms with E-state index in [1.807, 2.05) is 19.1 Å². The first kappa shape index (κ1) is 18.2. The van der Waals surface area contributed by atoms with E-state index in [2.05, 4.69) is 0 Å². The van der Waals surface area contributed by atoms with Gasteiger partial charge < -0.3 is 0 Å². The van der Waals surface area contributed by atoms with Gasteiger partial charge in [-0.05, 0) is 19.4 Å². The van der Waals surface area contributed by atoms with Gasteiger partial charge in [0.2, 0.25) is 6.43 Å². The zero-order valence-corrected chi connectivity index (χ0v) is 9.44. The normalized spacial score (nSPS) is 9.29. The summed E-state index contributed by atoms with van der Waals surface area (Å²) in [5.41, 5.74) is 1.92. The molecule has 6 heteroatoms. The van der Waals surface area contributed by atoms with Crippen molar-refractivity contribution in [2.45, 2.75) is 33.6 Å². The van der Waals surface area contributed by atoms with Crippen molar-refractivity contribution >= 4 is 0 Å². The van der Waals surface area contributed by atoms with Crippen LogP contribution >= 0.6 is 0 Å².